The van der Waals surface area contributed by atoms with Gasteiger partial charge in [-0.05, 0) is 48.4 Å². The van der Waals surface area contributed by atoms with E-state index >= 15 is 0 Å². The lowest BCUT2D eigenvalue weighted by Gasteiger charge is -2.27. The van der Waals surface area contributed by atoms with Crippen molar-refractivity contribution in [3.8, 4) is 5.75 Å². The Morgan fingerprint density at radius 1 is 1.29 bits per heavy atom. The number of nitrogens with zero attached hydrogens (tertiary/aromatic N) is 1. The van der Waals surface area contributed by atoms with Gasteiger partial charge in [-0.1, -0.05) is 12.1 Å². The number of carbonyl (C=O) groups excluding carboxylic acids is 1. The average Bonchev–Trinajstić information content (AvgIpc) is 2.58. The number of rotatable bonds is 5. The van der Waals surface area contributed by atoms with Crippen LogP contribution in [0.25, 0.3) is 0 Å². The molecule has 0 aromatic heterocycles. The Balaban J connectivity index is 2.14. The smallest absolute Gasteiger partial charge is 0.322 e. The van der Waals surface area contributed by atoms with E-state index in [0.29, 0.717) is 17.0 Å². The average molecular weight is 332 g/mol. The van der Waals surface area contributed by atoms with E-state index in [9.17, 15) is 14.3 Å². The number of benzene rings is 2. The molecule has 0 bridgehead atoms. The van der Waals surface area contributed by atoms with Crippen LogP contribution in [-0.2, 0) is 0 Å². The topological polar surface area (TPSA) is 61.8 Å². The molecular weight excluding hydrogens is 311 g/mol. The van der Waals surface area contributed by atoms with Crippen LogP contribution in [0.1, 0.15) is 17.2 Å². The summed E-state index contributed by atoms with van der Waals surface area (Å²) in [7, 11) is 3.17. The van der Waals surface area contributed by atoms with Crippen LogP contribution in [0.5, 0.6) is 5.75 Å². The maximum Gasteiger partial charge on any atom is 0.322 e. The molecule has 0 spiro atoms. The van der Waals surface area contributed by atoms with Crippen LogP contribution in [0.4, 0.5) is 14.9 Å². The number of halogens is 1. The highest BCUT2D eigenvalue weighted by Gasteiger charge is 2.21. The minimum Gasteiger partial charge on any atom is -0.497 e. The summed E-state index contributed by atoms with van der Waals surface area (Å²) < 4.78 is 18.2. The fraction of sp³-hybridized carbons (Fsp3) is 0.278. The Morgan fingerprint density at radius 3 is 2.50 bits per heavy atom. The Kier molecular flexibility index (Phi) is 5.76. The van der Waals surface area contributed by atoms with E-state index in [-0.39, 0.29) is 18.5 Å². The molecule has 6 heteroatoms. The van der Waals surface area contributed by atoms with Gasteiger partial charge in [-0.3, -0.25) is 0 Å². The molecule has 0 heterocycles. The van der Waals surface area contributed by atoms with Gasteiger partial charge in [0, 0.05) is 12.7 Å². The number of amides is 2. The van der Waals surface area contributed by atoms with Gasteiger partial charge >= 0.3 is 6.03 Å². The van der Waals surface area contributed by atoms with Crippen LogP contribution in [0.15, 0.2) is 42.5 Å². The lowest BCUT2D eigenvalue weighted by molar-refractivity contribution is 0.159. The number of hydrogen-bond acceptors (Lipinski definition) is 3. The number of aliphatic hydroxyl groups excluding tert-OH is 1. The zero-order valence-corrected chi connectivity index (χ0v) is 13.9. The van der Waals surface area contributed by atoms with Gasteiger partial charge < -0.3 is 20.1 Å². The maximum absolute atomic E-state index is 13.1. The van der Waals surface area contributed by atoms with E-state index in [0.717, 1.165) is 5.56 Å². The molecule has 0 saturated heterocycles. The monoisotopic (exact) mass is 332 g/mol. The Bertz CT molecular complexity index is 704. The maximum atomic E-state index is 13.1. The van der Waals surface area contributed by atoms with Gasteiger partial charge in [0.1, 0.15) is 11.6 Å². The predicted octanol–water partition coefficient (Wildman–Crippen LogP) is 3.34. The molecule has 0 saturated carbocycles. The third-order valence-corrected chi connectivity index (χ3v) is 3.89. The molecule has 0 radical (unpaired) electrons. The van der Waals surface area contributed by atoms with Gasteiger partial charge in [-0.2, -0.15) is 0 Å². The van der Waals surface area contributed by atoms with Crippen LogP contribution in [0.2, 0.25) is 0 Å². The van der Waals surface area contributed by atoms with E-state index in [1.54, 1.807) is 45.3 Å². The number of likely N-dealkylation sites (N-methyl/N-ethyl adjacent to an activating group) is 1. The first-order valence-electron chi connectivity index (χ1n) is 7.51. The first-order chi connectivity index (χ1) is 11.5. The zero-order chi connectivity index (χ0) is 17.7. The summed E-state index contributed by atoms with van der Waals surface area (Å²) in [5.74, 6) is 0.342. The number of ether oxygens (including phenoxy) is 1. The second kappa shape index (κ2) is 7.79. The second-order valence-corrected chi connectivity index (χ2v) is 5.47. The van der Waals surface area contributed by atoms with Crippen LogP contribution < -0.4 is 10.1 Å². The van der Waals surface area contributed by atoms with Crippen molar-refractivity contribution < 1.29 is 19.0 Å². The molecule has 2 aromatic rings. The van der Waals surface area contributed by atoms with Gasteiger partial charge in [0.25, 0.3) is 0 Å². The van der Waals surface area contributed by atoms with Crippen molar-refractivity contribution in [1.82, 2.24) is 4.90 Å². The van der Waals surface area contributed by atoms with Crippen LogP contribution in [0, 0.1) is 12.7 Å². The van der Waals surface area contributed by atoms with Crippen molar-refractivity contribution in [2.75, 3.05) is 26.1 Å². The molecule has 2 N–H and O–H groups in total. The molecule has 0 fully saturated rings. The van der Waals surface area contributed by atoms with E-state index in [4.69, 9.17) is 4.74 Å². The summed E-state index contributed by atoms with van der Waals surface area (Å²) in [6.07, 6.45) is 0. The highest BCUT2D eigenvalue weighted by Crippen LogP contribution is 2.23. The van der Waals surface area contributed by atoms with Crippen LogP contribution in [-0.4, -0.2) is 36.8 Å². The van der Waals surface area contributed by atoms with E-state index in [2.05, 4.69) is 5.32 Å². The normalized spacial score (nSPS) is 11.7. The summed E-state index contributed by atoms with van der Waals surface area (Å²) in [5, 5.41) is 12.4. The first kappa shape index (κ1) is 17.7. The van der Waals surface area contributed by atoms with Crippen LogP contribution in [0.3, 0.4) is 0 Å². The van der Waals surface area contributed by atoms with Crippen molar-refractivity contribution in [3.05, 3.63) is 59.4 Å². The van der Waals surface area contributed by atoms with Crippen molar-refractivity contribution >= 4 is 11.7 Å². The van der Waals surface area contributed by atoms with Crippen molar-refractivity contribution in [3.63, 3.8) is 0 Å². The van der Waals surface area contributed by atoms with Crippen molar-refractivity contribution in [2.45, 2.75) is 13.0 Å². The molecule has 0 aliphatic rings. The molecule has 0 aliphatic carbocycles. The van der Waals surface area contributed by atoms with E-state index in [1.165, 1.54) is 23.1 Å². The minimum atomic E-state index is -0.503. The number of carbonyl (C=O) groups is 1. The first-order valence-corrected chi connectivity index (χ1v) is 7.51. The summed E-state index contributed by atoms with van der Waals surface area (Å²) in [5.41, 5.74) is 1.94. The van der Waals surface area contributed by atoms with Gasteiger partial charge in [0.05, 0.1) is 19.8 Å². The molecule has 1 atom stereocenters. The SMILES string of the molecule is COc1ccc(C(CO)N(C)C(=O)Nc2ccc(F)cc2C)cc1. The predicted molar refractivity (Wildman–Crippen MR) is 90.7 cm³/mol. The number of urea groups is 1. The number of anilines is 1. The molecule has 1 unspecified atom stereocenters. The van der Waals surface area contributed by atoms with Gasteiger partial charge in [-0.15, -0.1) is 0 Å². The highest BCUT2D eigenvalue weighted by molar-refractivity contribution is 5.90. The number of aliphatic hydroxyl groups is 1. The number of methoxy groups -OCH3 is 1. The molecule has 2 rings (SSSR count). The summed E-state index contributed by atoms with van der Waals surface area (Å²) in [6.45, 7) is 1.49. The molecule has 5 nitrogen and oxygen atoms in total. The lowest BCUT2D eigenvalue weighted by atomic mass is 10.1. The molecule has 2 aromatic carbocycles. The van der Waals surface area contributed by atoms with Gasteiger partial charge in [0.15, 0.2) is 0 Å². The number of nitrogens with one attached hydrogen (secondary N) is 1. The number of aryl methyl sites for hydroxylation is 1. The zero-order valence-electron chi connectivity index (χ0n) is 13.9. The lowest BCUT2D eigenvalue weighted by Crippen LogP contribution is -2.36. The Morgan fingerprint density at radius 2 is 1.96 bits per heavy atom. The Hall–Kier alpha value is -2.60. The standard InChI is InChI=1S/C18H21FN2O3/c1-12-10-14(19)6-9-16(12)20-18(23)21(2)17(11-22)13-4-7-15(24-3)8-5-13/h4-10,17,22H,11H2,1-3H3,(H,20,23). The fourth-order valence-electron chi connectivity index (χ4n) is 2.39. The fourth-order valence-corrected chi connectivity index (χ4v) is 2.39. The van der Waals surface area contributed by atoms with Gasteiger partial charge in [0.2, 0.25) is 0 Å². The van der Waals surface area contributed by atoms with Crippen molar-refractivity contribution in [2.24, 2.45) is 0 Å². The number of hydrogen-bond donors (Lipinski definition) is 2. The highest BCUT2D eigenvalue weighted by atomic mass is 19.1. The minimum absolute atomic E-state index is 0.224. The van der Waals surface area contributed by atoms with E-state index in [1.807, 2.05) is 0 Å². The van der Waals surface area contributed by atoms with Gasteiger partial charge in [-0.25, -0.2) is 9.18 Å². The van der Waals surface area contributed by atoms with Crippen LogP contribution >= 0.6 is 0 Å². The Labute approximate surface area is 140 Å². The molecule has 128 valence electrons. The molecule has 0 aliphatic heterocycles. The van der Waals surface area contributed by atoms with E-state index < -0.39 is 6.04 Å². The quantitative estimate of drug-likeness (QED) is 0.883. The molecular formula is C18H21FN2O3. The second-order valence-electron chi connectivity index (χ2n) is 5.47. The summed E-state index contributed by atoms with van der Waals surface area (Å²) in [4.78, 5) is 13.8. The third-order valence-electron chi connectivity index (χ3n) is 3.89. The largest absolute Gasteiger partial charge is 0.497 e. The third kappa shape index (κ3) is 4.02. The molecule has 2 amide bonds. The van der Waals surface area contributed by atoms with Crippen molar-refractivity contribution in [1.29, 1.82) is 0 Å². The molecule has 24 heavy (non-hydrogen) atoms. The summed E-state index contributed by atoms with van der Waals surface area (Å²) in [6, 6.07) is 10.4. The summed E-state index contributed by atoms with van der Waals surface area (Å²) >= 11 is 0.